The van der Waals surface area contributed by atoms with Gasteiger partial charge in [0.25, 0.3) is 0 Å². The Morgan fingerprint density at radius 3 is 2.70 bits per heavy atom. The summed E-state index contributed by atoms with van der Waals surface area (Å²) in [7, 11) is 0. The predicted molar refractivity (Wildman–Crippen MR) is 92.9 cm³/mol. The Bertz CT molecular complexity index is 840. The third-order valence-corrected chi connectivity index (χ3v) is 4.67. The number of aryl methyl sites for hydroxylation is 1. The minimum absolute atomic E-state index is 0.248. The quantitative estimate of drug-likeness (QED) is 0.809. The number of anilines is 1. The molecule has 4 rings (SSSR count). The first kappa shape index (κ1) is 14.3. The molecule has 0 spiro atoms. The van der Waals surface area contributed by atoms with E-state index in [9.17, 15) is 5.11 Å². The Morgan fingerprint density at radius 1 is 1.13 bits per heavy atom. The number of hydrogen-bond donors (Lipinski definition) is 1. The smallest absolute Gasteiger partial charge is 0.206 e. The molecule has 1 fully saturated rings. The number of β-amino-alcohol motifs (C(OH)–C–C–N with tert-alkyl or cyclic N) is 1. The Labute approximate surface area is 136 Å². The summed E-state index contributed by atoms with van der Waals surface area (Å²) in [6.45, 7) is 4.47. The highest BCUT2D eigenvalue weighted by molar-refractivity contribution is 5.79. The van der Waals surface area contributed by atoms with Gasteiger partial charge in [-0.3, -0.25) is 0 Å². The second-order valence-electron chi connectivity index (χ2n) is 6.30. The zero-order valence-corrected chi connectivity index (χ0v) is 13.3. The Balaban J connectivity index is 1.81. The summed E-state index contributed by atoms with van der Waals surface area (Å²) in [6, 6.07) is 16.7. The molecule has 1 aliphatic rings. The largest absolute Gasteiger partial charge is 0.391 e. The maximum Gasteiger partial charge on any atom is 0.206 e. The van der Waals surface area contributed by atoms with E-state index in [1.54, 1.807) is 0 Å². The van der Waals surface area contributed by atoms with Gasteiger partial charge in [-0.05, 0) is 36.6 Å². The number of rotatable bonds is 3. The summed E-state index contributed by atoms with van der Waals surface area (Å²) in [6.07, 6.45) is 0.565. The van der Waals surface area contributed by atoms with E-state index in [-0.39, 0.29) is 6.10 Å². The van der Waals surface area contributed by atoms with Gasteiger partial charge >= 0.3 is 0 Å². The zero-order valence-electron chi connectivity index (χ0n) is 13.3. The highest BCUT2D eigenvalue weighted by Gasteiger charge is 2.25. The van der Waals surface area contributed by atoms with E-state index in [1.807, 2.05) is 6.07 Å². The number of imidazole rings is 1. The first-order valence-electron chi connectivity index (χ1n) is 8.15. The maximum absolute atomic E-state index is 9.88. The van der Waals surface area contributed by atoms with Gasteiger partial charge in [0.2, 0.25) is 5.95 Å². The monoisotopic (exact) mass is 307 g/mol. The molecule has 3 aromatic rings. The fourth-order valence-electron chi connectivity index (χ4n) is 3.34. The topological polar surface area (TPSA) is 41.3 Å². The minimum atomic E-state index is -0.248. The van der Waals surface area contributed by atoms with Crippen LogP contribution in [-0.2, 0) is 6.54 Å². The molecule has 23 heavy (non-hydrogen) atoms. The van der Waals surface area contributed by atoms with E-state index in [2.05, 4.69) is 58.9 Å². The van der Waals surface area contributed by atoms with Crippen molar-refractivity contribution in [1.29, 1.82) is 0 Å². The van der Waals surface area contributed by atoms with Crippen molar-refractivity contribution in [3.05, 3.63) is 59.7 Å². The molecule has 0 bridgehead atoms. The molecule has 2 aromatic carbocycles. The van der Waals surface area contributed by atoms with Crippen molar-refractivity contribution in [1.82, 2.24) is 9.55 Å². The predicted octanol–water partition coefficient (Wildman–Crippen LogP) is 2.96. The first-order valence-corrected chi connectivity index (χ1v) is 8.15. The van der Waals surface area contributed by atoms with Crippen LogP contribution >= 0.6 is 0 Å². The highest BCUT2D eigenvalue weighted by Crippen LogP contribution is 2.27. The third kappa shape index (κ3) is 2.59. The summed E-state index contributed by atoms with van der Waals surface area (Å²) < 4.78 is 2.27. The van der Waals surface area contributed by atoms with Crippen LogP contribution in [0.5, 0.6) is 0 Å². The van der Waals surface area contributed by atoms with Crippen LogP contribution in [0.4, 0.5) is 5.95 Å². The second kappa shape index (κ2) is 5.70. The Morgan fingerprint density at radius 2 is 1.91 bits per heavy atom. The van der Waals surface area contributed by atoms with Crippen LogP contribution in [0.25, 0.3) is 11.0 Å². The zero-order chi connectivity index (χ0) is 15.8. The van der Waals surface area contributed by atoms with Crippen LogP contribution in [-0.4, -0.2) is 33.9 Å². The van der Waals surface area contributed by atoms with Crippen LogP contribution < -0.4 is 4.90 Å². The second-order valence-corrected chi connectivity index (χ2v) is 6.30. The molecule has 4 heteroatoms. The Kier molecular flexibility index (Phi) is 3.54. The van der Waals surface area contributed by atoms with Gasteiger partial charge in [-0.2, -0.15) is 0 Å². The molecule has 1 atom stereocenters. The lowest BCUT2D eigenvalue weighted by molar-refractivity contribution is 0.198. The summed E-state index contributed by atoms with van der Waals surface area (Å²) in [5.74, 6) is 0.964. The standard InChI is InChI=1S/C19H21N3O/c1-14-6-2-3-7-15(14)12-22-18-9-5-4-8-17(18)20-19(22)21-11-10-16(23)13-21/h2-9,16,23H,10-13H2,1H3/t16-/m0/s1. The molecule has 4 nitrogen and oxygen atoms in total. The van der Waals surface area contributed by atoms with E-state index in [4.69, 9.17) is 4.98 Å². The number of benzene rings is 2. The van der Waals surface area contributed by atoms with E-state index in [0.29, 0.717) is 6.54 Å². The SMILES string of the molecule is Cc1ccccc1Cn1c(N2CC[C@H](O)C2)nc2ccccc21. The van der Waals surface area contributed by atoms with Crippen molar-refractivity contribution in [2.75, 3.05) is 18.0 Å². The van der Waals surface area contributed by atoms with E-state index < -0.39 is 0 Å². The fraction of sp³-hybridized carbons (Fsp3) is 0.316. The van der Waals surface area contributed by atoms with Gasteiger partial charge in [-0.25, -0.2) is 4.98 Å². The molecule has 0 aliphatic carbocycles. The lowest BCUT2D eigenvalue weighted by Gasteiger charge is -2.19. The molecule has 0 unspecified atom stereocenters. The fourth-order valence-corrected chi connectivity index (χ4v) is 3.34. The minimum Gasteiger partial charge on any atom is -0.391 e. The molecule has 0 radical (unpaired) electrons. The molecular formula is C19H21N3O. The van der Waals surface area contributed by atoms with E-state index in [0.717, 1.165) is 36.5 Å². The van der Waals surface area contributed by atoms with Gasteiger partial charge in [0.05, 0.1) is 23.7 Å². The highest BCUT2D eigenvalue weighted by atomic mass is 16.3. The van der Waals surface area contributed by atoms with Gasteiger partial charge < -0.3 is 14.6 Å². The summed E-state index contributed by atoms with van der Waals surface area (Å²) in [5, 5.41) is 9.88. The van der Waals surface area contributed by atoms with Crippen molar-refractivity contribution >= 4 is 17.0 Å². The maximum atomic E-state index is 9.88. The Hall–Kier alpha value is -2.33. The van der Waals surface area contributed by atoms with Crippen molar-refractivity contribution < 1.29 is 5.11 Å². The van der Waals surface area contributed by atoms with Crippen LogP contribution in [0, 0.1) is 6.92 Å². The number of aliphatic hydroxyl groups excluding tert-OH is 1. The molecule has 118 valence electrons. The van der Waals surface area contributed by atoms with Crippen LogP contribution in [0.2, 0.25) is 0 Å². The summed E-state index contributed by atoms with van der Waals surface area (Å²) in [5.41, 5.74) is 4.75. The number of fused-ring (bicyclic) bond motifs is 1. The van der Waals surface area contributed by atoms with Gasteiger partial charge in [-0.15, -0.1) is 0 Å². The van der Waals surface area contributed by atoms with E-state index >= 15 is 0 Å². The molecule has 1 saturated heterocycles. The molecular weight excluding hydrogens is 286 g/mol. The number of para-hydroxylation sites is 2. The van der Waals surface area contributed by atoms with Crippen molar-refractivity contribution in [3.63, 3.8) is 0 Å². The average molecular weight is 307 g/mol. The molecule has 0 amide bonds. The molecule has 1 aromatic heterocycles. The number of aliphatic hydroxyl groups is 1. The van der Waals surface area contributed by atoms with Crippen LogP contribution in [0.3, 0.4) is 0 Å². The van der Waals surface area contributed by atoms with Gasteiger partial charge in [0.1, 0.15) is 0 Å². The van der Waals surface area contributed by atoms with Gasteiger partial charge in [-0.1, -0.05) is 36.4 Å². The normalized spacial score (nSPS) is 18.0. The number of aromatic nitrogens is 2. The lowest BCUT2D eigenvalue weighted by Crippen LogP contribution is -2.25. The molecule has 1 N–H and O–H groups in total. The van der Waals surface area contributed by atoms with Crippen molar-refractivity contribution in [2.45, 2.75) is 26.0 Å². The third-order valence-electron chi connectivity index (χ3n) is 4.67. The molecule has 2 heterocycles. The molecule has 0 saturated carbocycles. The van der Waals surface area contributed by atoms with Gasteiger partial charge in [0, 0.05) is 13.1 Å². The lowest BCUT2D eigenvalue weighted by atomic mass is 10.1. The van der Waals surface area contributed by atoms with Crippen LogP contribution in [0.1, 0.15) is 17.5 Å². The summed E-state index contributed by atoms with van der Waals surface area (Å²) >= 11 is 0. The average Bonchev–Trinajstić information content (AvgIpc) is 3.14. The summed E-state index contributed by atoms with van der Waals surface area (Å²) in [4.78, 5) is 7.03. The van der Waals surface area contributed by atoms with Crippen molar-refractivity contribution in [2.24, 2.45) is 0 Å². The van der Waals surface area contributed by atoms with Crippen LogP contribution in [0.15, 0.2) is 48.5 Å². The van der Waals surface area contributed by atoms with Crippen molar-refractivity contribution in [3.8, 4) is 0 Å². The van der Waals surface area contributed by atoms with E-state index in [1.165, 1.54) is 11.1 Å². The molecule has 1 aliphatic heterocycles. The number of hydrogen-bond acceptors (Lipinski definition) is 3. The van der Waals surface area contributed by atoms with Gasteiger partial charge in [0.15, 0.2) is 0 Å². The first-order chi connectivity index (χ1) is 11.2. The number of nitrogens with zero attached hydrogens (tertiary/aromatic N) is 3.